The molecule has 34 heavy (non-hydrogen) atoms. The Morgan fingerprint density at radius 1 is 1.15 bits per heavy atom. The molecule has 0 saturated carbocycles. The van der Waals surface area contributed by atoms with Gasteiger partial charge in [-0.15, -0.1) is 0 Å². The largest absolute Gasteiger partial charge is 0.360 e. The second kappa shape index (κ2) is 7.53. The SMILES string of the molecule is Cc1cc(NC(=O)[C@H]2[C@H]3C=C[C@@]4(O3)[C@H]2C(=O)N(c2ccccc2C)[C@@H]4C(=O)NC(C)(C)C)no1. The minimum absolute atomic E-state index is 0.270. The number of benzene rings is 1. The minimum Gasteiger partial charge on any atom is -0.360 e. The lowest BCUT2D eigenvalue weighted by Gasteiger charge is -2.34. The van der Waals surface area contributed by atoms with Gasteiger partial charge in [-0.25, -0.2) is 0 Å². The van der Waals surface area contributed by atoms with Crippen molar-refractivity contribution < 1.29 is 23.6 Å². The maximum atomic E-state index is 14.0. The standard InChI is InChI=1S/C25H28N4O5/c1-13-8-6-7-9-15(13)29-20(22(31)27-24(3,4)5)25-11-10-16(33-25)18(19(25)23(29)32)21(30)26-17-12-14(2)34-28-17/h6-12,16,18-20H,1-5H3,(H,27,31)(H,26,28,30)/t16-,18+,19-,20-,25-/m1/s1. The van der Waals surface area contributed by atoms with E-state index in [1.54, 1.807) is 25.1 Å². The van der Waals surface area contributed by atoms with E-state index in [0.29, 0.717) is 11.4 Å². The lowest BCUT2D eigenvalue weighted by atomic mass is 9.74. The first-order chi connectivity index (χ1) is 16.0. The molecule has 2 bridgehead atoms. The van der Waals surface area contributed by atoms with E-state index < -0.39 is 41.0 Å². The summed E-state index contributed by atoms with van der Waals surface area (Å²) in [6.07, 6.45) is 2.95. The summed E-state index contributed by atoms with van der Waals surface area (Å²) in [5.41, 5.74) is -0.301. The van der Waals surface area contributed by atoms with Crippen molar-refractivity contribution >= 4 is 29.2 Å². The maximum Gasteiger partial charge on any atom is 0.246 e. The molecule has 1 aromatic heterocycles. The van der Waals surface area contributed by atoms with Crippen LogP contribution in [0.25, 0.3) is 0 Å². The van der Waals surface area contributed by atoms with Gasteiger partial charge in [-0.3, -0.25) is 19.3 Å². The molecule has 1 aromatic carbocycles. The Morgan fingerprint density at radius 3 is 2.53 bits per heavy atom. The van der Waals surface area contributed by atoms with Gasteiger partial charge < -0.3 is 19.9 Å². The summed E-state index contributed by atoms with van der Waals surface area (Å²) in [6.45, 7) is 9.26. The number of hydrogen-bond acceptors (Lipinski definition) is 6. The van der Waals surface area contributed by atoms with E-state index >= 15 is 0 Å². The molecule has 2 N–H and O–H groups in total. The summed E-state index contributed by atoms with van der Waals surface area (Å²) >= 11 is 0. The van der Waals surface area contributed by atoms with Crippen LogP contribution in [0.15, 0.2) is 47.0 Å². The Hall–Kier alpha value is -3.46. The van der Waals surface area contributed by atoms with Gasteiger partial charge in [0.25, 0.3) is 0 Å². The third-order valence-corrected chi connectivity index (χ3v) is 6.58. The van der Waals surface area contributed by atoms with Gasteiger partial charge in [-0.1, -0.05) is 35.5 Å². The quantitative estimate of drug-likeness (QED) is 0.672. The predicted octanol–water partition coefficient (Wildman–Crippen LogP) is 2.50. The number of hydrogen-bond donors (Lipinski definition) is 2. The van der Waals surface area contributed by atoms with Crippen molar-refractivity contribution in [3.63, 3.8) is 0 Å². The number of nitrogens with one attached hydrogen (secondary N) is 2. The zero-order chi connectivity index (χ0) is 24.4. The fourth-order valence-electron chi connectivity index (χ4n) is 5.34. The summed E-state index contributed by atoms with van der Waals surface area (Å²) in [5, 5.41) is 9.57. The lowest BCUT2D eigenvalue weighted by Crippen LogP contribution is -2.58. The number of aryl methyl sites for hydroxylation is 2. The van der Waals surface area contributed by atoms with E-state index in [9.17, 15) is 14.4 Å². The number of para-hydroxylation sites is 1. The van der Waals surface area contributed by atoms with Gasteiger partial charge in [0, 0.05) is 17.3 Å². The highest BCUT2D eigenvalue weighted by molar-refractivity contribution is 6.11. The molecule has 9 heteroatoms. The second-order valence-electron chi connectivity index (χ2n) is 10.2. The number of ether oxygens (including phenoxy) is 1. The highest BCUT2D eigenvalue weighted by atomic mass is 16.5. The Labute approximate surface area is 197 Å². The van der Waals surface area contributed by atoms with Gasteiger partial charge in [-0.2, -0.15) is 0 Å². The third kappa shape index (κ3) is 3.34. The van der Waals surface area contributed by atoms with Crippen LogP contribution in [-0.2, 0) is 19.1 Å². The molecule has 3 aliphatic heterocycles. The summed E-state index contributed by atoms with van der Waals surface area (Å²) in [6, 6.07) is 8.04. The number of nitrogens with zero attached hydrogens (tertiary/aromatic N) is 2. The van der Waals surface area contributed by atoms with Gasteiger partial charge in [0.2, 0.25) is 17.7 Å². The molecule has 2 fully saturated rings. The van der Waals surface area contributed by atoms with Crippen molar-refractivity contribution in [2.75, 3.05) is 10.2 Å². The Morgan fingerprint density at radius 2 is 1.88 bits per heavy atom. The highest BCUT2D eigenvalue weighted by Crippen LogP contribution is 2.56. The van der Waals surface area contributed by atoms with Crippen molar-refractivity contribution in [1.82, 2.24) is 10.5 Å². The Bertz CT molecular complexity index is 1210. The average Bonchev–Trinajstić information content (AvgIpc) is 3.48. The fraction of sp³-hybridized carbons (Fsp3) is 0.440. The average molecular weight is 465 g/mol. The van der Waals surface area contributed by atoms with E-state index in [4.69, 9.17) is 9.26 Å². The minimum atomic E-state index is -1.25. The molecule has 0 aliphatic carbocycles. The molecule has 5 atom stereocenters. The molecule has 0 unspecified atom stereocenters. The van der Waals surface area contributed by atoms with Gasteiger partial charge in [0.1, 0.15) is 17.4 Å². The first-order valence-corrected chi connectivity index (χ1v) is 11.3. The van der Waals surface area contributed by atoms with Gasteiger partial charge in [-0.05, 0) is 46.2 Å². The number of aromatic nitrogens is 1. The van der Waals surface area contributed by atoms with Crippen LogP contribution in [0.1, 0.15) is 32.1 Å². The maximum absolute atomic E-state index is 14.0. The molecule has 9 nitrogen and oxygen atoms in total. The summed E-state index contributed by atoms with van der Waals surface area (Å²) in [5.74, 6) is -1.88. The molecule has 178 valence electrons. The van der Waals surface area contributed by atoms with Crippen LogP contribution in [0.3, 0.4) is 0 Å². The van der Waals surface area contributed by atoms with Crippen LogP contribution in [0, 0.1) is 25.7 Å². The molecule has 3 amide bonds. The van der Waals surface area contributed by atoms with Gasteiger partial charge in [0.15, 0.2) is 5.82 Å². The van der Waals surface area contributed by atoms with Crippen molar-refractivity contribution in [3.05, 3.63) is 53.8 Å². The van der Waals surface area contributed by atoms with Crippen LogP contribution in [0.5, 0.6) is 0 Å². The molecular formula is C25H28N4O5. The van der Waals surface area contributed by atoms with Crippen LogP contribution in [-0.4, -0.2) is 46.2 Å². The summed E-state index contributed by atoms with van der Waals surface area (Å²) in [7, 11) is 0. The molecule has 3 aliphatic rings. The van der Waals surface area contributed by atoms with E-state index in [1.165, 1.54) is 4.90 Å². The third-order valence-electron chi connectivity index (χ3n) is 6.58. The Balaban J connectivity index is 1.57. The van der Waals surface area contributed by atoms with Gasteiger partial charge >= 0.3 is 0 Å². The van der Waals surface area contributed by atoms with Crippen LogP contribution >= 0.6 is 0 Å². The predicted molar refractivity (Wildman–Crippen MR) is 124 cm³/mol. The summed E-state index contributed by atoms with van der Waals surface area (Å²) in [4.78, 5) is 42.5. The van der Waals surface area contributed by atoms with Crippen molar-refractivity contribution in [2.45, 2.75) is 57.9 Å². The number of amides is 3. The highest BCUT2D eigenvalue weighted by Gasteiger charge is 2.73. The van der Waals surface area contributed by atoms with Crippen LogP contribution < -0.4 is 15.5 Å². The number of fused-ring (bicyclic) bond motifs is 1. The molecule has 4 heterocycles. The van der Waals surface area contributed by atoms with Crippen LogP contribution in [0.4, 0.5) is 11.5 Å². The first kappa shape index (κ1) is 22.3. The van der Waals surface area contributed by atoms with Crippen molar-refractivity contribution in [3.8, 4) is 0 Å². The molecule has 2 aromatic rings. The van der Waals surface area contributed by atoms with E-state index in [2.05, 4.69) is 15.8 Å². The van der Waals surface area contributed by atoms with Gasteiger partial charge in [0.05, 0.1) is 17.9 Å². The smallest absolute Gasteiger partial charge is 0.246 e. The number of carbonyl (C=O) groups is 3. The van der Waals surface area contributed by atoms with Crippen molar-refractivity contribution in [2.24, 2.45) is 11.8 Å². The number of carbonyl (C=O) groups excluding carboxylic acids is 3. The normalized spacial score (nSPS) is 29.4. The second-order valence-corrected chi connectivity index (χ2v) is 10.2. The van der Waals surface area contributed by atoms with Crippen LogP contribution in [0.2, 0.25) is 0 Å². The molecule has 2 saturated heterocycles. The zero-order valence-corrected chi connectivity index (χ0v) is 19.8. The van der Waals surface area contributed by atoms with E-state index in [0.717, 1.165) is 5.56 Å². The number of anilines is 2. The van der Waals surface area contributed by atoms with E-state index in [1.807, 2.05) is 52.0 Å². The molecule has 5 rings (SSSR count). The molecule has 0 radical (unpaired) electrons. The first-order valence-electron chi connectivity index (χ1n) is 11.3. The summed E-state index contributed by atoms with van der Waals surface area (Å²) < 4.78 is 11.4. The number of rotatable bonds is 4. The fourth-order valence-corrected chi connectivity index (χ4v) is 5.34. The lowest BCUT2D eigenvalue weighted by molar-refractivity contribution is -0.129. The monoisotopic (exact) mass is 464 g/mol. The topological polar surface area (TPSA) is 114 Å². The molecular weight excluding hydrogens is 436 g/mol. The zero-order valence-electron chi connectivity index (χ0n) is 19.8. The molecule has 1 spiro atoms. The van der Waals surface area contributed by atoms with E-state index in [-0.39, 0.29) is 17.6 Å². The van der Waals surface area contributed by atoms with Crippen molar-refractivity contribution in [1.29, 1.82) is 0 Å². The Kier molecular flexibility index (Phi) is 4.95.